The highest BCUT2D eigenvalue weighted by Crippen LogP contribution is 2.32. The van der Waals surface area contributed by atoms with Crippen molar-refractivity contribution in [3.05, 3.63) is 48.0 Å². The molecule has 0 aliphatic carbocycles. The number of ether oxygens (including phenoxy) is 2. The number of nitrogens with zero attached hydrogens (tertiary/aromatic N) is 1. The number of hydrogen-bond acceptors (Lipinski definition) is 5. The van der Waals surface area contributed by atoms with Gasteiger partial charge in [-0.1, -0.05) is 19.1 Å². The zero-order valence-electron chi connectivity index (χ0n) is 15.3. The average Bonchev–Trinajstić information content (AvgIpc) is 2.68. The maximum absolute atomic E-state index is 12.7. The fourth-order valence-corrected chi connectivity index (χ4v) is 3.82. The van der Waals surface area contributed by atoms with Gasteiger partial charge < -0.3 is 14.8 Å². The van der Waals surface area contributed by atoms with Crippen molar-refractivity contribution in [2.45, 2.75) is 18.2 Å². The van der Waals surface area contributed by atoms with Crippen LogP contribution >= 0.6 is 0 Å². The number of aryl methyl sites for hydroxylation is 1. The van der Waals surface area contributed by atoms with Gasteiger partial charge in [-0.25, -0.2) is 8.42 Å². The van der Waals surface area contributed by atoms with E-state index < -0.39 is 15.9 Å². The number of carbonyl (C=O) groups is 1. The van der Waals surface area contributed by atoms with Crippen LogP contribution in [0, 0.1) is 0 Å². The first kappa shape index (κ1) is 19.2. The molecular formula is C19H22N2O5S. The van der Waals surface area contributed by atoms with Gasteiger partial charge in [0.2, 0.25) is 15.9 Å². The molecule has 0 saturated heterocycles. The molecule has 1 aliphatic heterocycles. The summed E-state index contributed by atoms with van der Waals surface area (Å²) in [4.78, 5) is 12.3. The summed E-state index contributed by atoms with van der Waals surface area (Å²) >= 11 is 0. The van der Waals surface area contributed by atoms with E-state index in [1.165, 1.54) is 19.2 Å². The van der Waals surface area contributed by atoms with E-state index in [1.807, 2.05) is 19.1 Å². The van der Waals surface area contributed by atoms with Gasteiger partial charge in [0.05, 0.1) is 11.4 Å². The largest absolute Gasteiger partial charge is 0.486 e. The van der Waals surface area contributed by atoms with E-state index in [9.17, 15) is 13.2 Å². The number of rotatable bonds is 6. The van der Waals surface area contributed by atoms with Crippen molar-refractivity contribution in [1.29, 1.82) is 0 Å². The predicted molar refractivity (Wildman–Crippen MR) is 102 cm³/mol. The zero-order chi connectivity index (χ0) is 19.4. The Kier molecular flexibility index (Phi) is 5.67. The lowest BCUT2D eigenvalue weighted by atomic mass is 10.1. The molecule has 8 heteroatoms. The van der Waals surface area contributed by atoms with Crippen molar-refractivity contribution < 1.29 is 22.7 Å². The van der Waals surface area contributed by atoms with Gasteiger partial charge >= 0.3 is 0 Å². The Hall–Kier alpha value is -2.58. The lowest BCUT2D eigenvalue weighted by molar-refractivity contribution is -0.116. The molecule has 7 nitrogen and oxygen atoms in total. The lowest BCUT2D eigenvalue weighted by Crippen LogP contribution is -2.35. The number of nitrogens with one attached hydrogen (secondary N) is 1. The highest BCUT2D eigenvalue weighted by molar-refractivity contribution is 7.89. The van der Waals surface area contributed by atoms with Crippen LogP contribution in [0.3, 0.4) is 0 Å². The quantitative estimate of drug-likeness (QED) is 0.818. The number of anilines is 1. The Bertz CT molecular complexity index is 926. The summed E-state index contributed by atoms with van der Waals surface area (Å²) in [5.41, 5.74) is 1.79. The van der Waals surface area contributed by atoms with Crippen LogP contribution in [0.2, 0.25) is 0 Å². The third-order valence-corrected chi connectivity index (χ3v) is 6.03. The molecule has 0 spiro atoms. The summed E-state index contributed by atoms with van der Waals surface area (Å²) in [6.45, 7) is 2.54. The maximum atomic E-state index is 12.7. The second-order valence-corrected chi connectivity index (χ2v) is 8.21. The molecule has 1 amide bonds. The minimum Gasteiger partial charge on any atom is -0.486 e. The van der Waals surface area contributed by atoms with Crippen molar-refractivity contribution in [3.63, 3.8) is 0 Å². The van der Waals surface area contributed by atoms with E-state index >= 15 is 0 Å². The Balaban J connectivity index is 1.68. The molecule has 1 N–H and O–H groups in total. The topological polar surface area (TPSA) is 84.9 Å². The Morgan fingerprint density at radius 1 is 1.07 bits per heavy atom. The molecular weight excluding hydrogens is 368 g/mol. The maximum Gasteiger partial charge on any atom is 0.243 e. The summed E-state index contributed by atoms with van der Waals surface area (Å²) in [6, 6.07) is 11.9. The van der Waals surface area contributed by atoms with Gasteiger partial charge in [-0.2, -0.15) is 4.31 Å². The summed E-state index contributed by atoms with van der Waals surface area (Å²) in [7, 11) is -2.47. The minimum absolute atomic E-state index is 0.0503. The Labute approximate surface area is 158 Å². The van der Waals surface area contributed by atoms with Crippen molar-refractivity contribution >= 4 is 21.6 Å². The van der Waals surface area contributed by atoms with E-state index in [4.69, 9.17) is 9.47 Å². The molecule has 0 bridgehead atoms. The summed E-state index contributed by atoms with van der Waals surface area (Å²) in [6.07, 6.45) is 0.907. The van der Waals surface area contributed by atoms with E-state index in [0.29, 0.717) is 30.4 Å². The second-order valence-electron chi connectivity index (χ2n) is 6.17. The van der Waals surface area contributed by atoms with Gasteiger partial charge in [-0.05, 0) is 36.2 Å². The van der Waals surface area contributed by atoms with E-state index in [0.717, 1.165) is 16.3 Å². The highest BCUT2D eigenvalue weighted by Gasteiger charge is 2.25. The SMILES string of the molecule is CCc1ccc(NC(=O)CN(C)S(=O)(=O)c2ccc3c(c2)OCCO3)cc1. The third kappa shape index (κ3) is 4.40. The van der Waals surface area contributed by atoms with Crippen LogP contribution in [0.1, 0.15) is 12.5 Å². The van der Waals surface area contributed by atoms with Gasteiger partial charge in [-0.15, -0.1) is 0 Å². The molecule has 0 unspecified atom stereocenters. The third-order valence-electron chi connectivity index (χ3n) is 4.23. The predicted octanol–water partition coefficient (Wildman–Crippen LogP) is 2.28. The zero-order valence-corrected chi connectivity index (χ0v) is 16.1. The highest BCUT2D eigenvalue weighted by atomic mass is 32.2. The molecule has 27 heavy (non-hydrogen) atoms. The van der Waals surface area contributed by atoms with Crippen LogP contribution in [-0.4, -0.2) is 45.4 Å². The lowest BCUT2D eigenvalue weighted by Gasteiger charge is -2.21. The molecule has 2 aromatic rings. The molecule has 1 heterocycles. The summed E-state index contributed by atoms with van der Waals surface area (Å²) < 4.78 is 37.3. The Morgan fingerprint density at radius 3 is 2.41 bits per heavy atom. The van der Waals surface area contributed by atoms with E-state index in [1.54, 1.807) is 18.2 Å². The first-order chi connectivity index (χ1) is 12.9. The summed E-state index contributed by atoms with van der Waals surface area (Å²) in [5, 5.41) is 2.71. The van der Waals surface area contributed by atoms with E-state index in [-0.39, 0.29) is 11.4 Å². The number of amides is 1. The van der Waals surface area contributed by atoms with E-state index in [2.05, 4.69) is 5.32 Å². The van der Waals surface area contributed by atoms with Gasteiger partial charge in [-0.3, -0.25) is 4.79 Å². The van der Waals surface area contributed by atoms with Crippen LogP contribution in [0.15, 0.2) is 47.4 Å². The van der Waals surface area contributed by atoms with Crippen LogP contribution in [0.4, 0.5) is 5.69 Å². The molecule has 0 saturated carbocycles. The van der Waals surface area contributed by atoms with Crippen LogP contribution in [0.5, 0.6) is 11.5 Å². The number of carbonyl (C=O) groups excluding carboxylic acids is 1. The first-order valence-corrected chi connectivity index (χ1v) is 10.1. The molecule has 2 aromatic carbocycles. The number of hydrogen-bond donors (Lipinski definition) is 1. The minimum atomic E-state index is -3.83. The van der Waals surface area contributed by atoms with Gasteiger partial charge in [0.1, 0.15) is 13.2 Å². The fraction of sp³-hybridized carbons (Fsp3) is 0.316. The van der Waals surface area contributed by atoms with Gasteiger partial charge in [0.15, 0.2) is 11.5 Å². The van der Waals surface area contributed by atoms with Gasteiger partial charge in [0.25, 0.3) is 0 Å². The number of sulfonamides is 1. The molecule has 144 valence electrons. The monoisotopic (exact) mass is 390 g/mol. The standard InChI is InChI=1S/C19H22N2O5S/c1-3-14-4-6-15(7-5-14)20-19(22)13-21(2)27(23,24)16-8-9-17-18(12-16)26-11-10-25-17/h4-9,12H,3,10-11,13H2,1-2H3,(H,20,22). The molecule has 3 rings (SSSR count). The molecule has 0 atom stereocenters. The van der Waals surface area contributed by atoms with Crippen molar-refractivity contribution in [3.8, 4) is 11.5 Å². The number of fused-ring (bicyclic) bond motifs is 1. The summed E-state index contributed by atoms with van der Waals surface area (Å²) in [5.74, 6) is 0.482. The first-order valence-electron chi connectivity index (χ1n) is 8.65. The van der Waals surface area contributed by atoms with Crippen molar-refractivity contribution in [2.75, 3.05) is 32.1 Å². The van der Waals surface area contributed by atoms with Crippen LogP contribution in [-0.2, 0) is 21.2 Å². The van der Waals surface area contributed by atoms with Crippen LogP contribution in [0.25, 0.3) is 0 Å². The van der Waals surface area contributed by atoms with Crippen molar-refractivity contribution in [2.24, 2.45) is 0 Å². The van der Waals surface area contributed by atoms with Gasteiger partial charge in [0, 0.05) is 18.8 Å². The molecule has 0 fully saturated rings. The molecule has 1 aliphatic rings. The molecule has 0 radical (unpaired) electrons. The van der Waals surface area contributed by atoms with Crippen molar-refractivity contribution in [1.82, 2.24) is 4.31 Å². The average molecular weight is 390 g/mol. The fourth-order valence-electron chi connectivity index (χ4n) is 2.68. The molecule has 0 aromatic heterocycles. The number of likely N-dealkylation sites (N-methyl/N-ethyl adjacent to an activating group) is 1. The van der Waals surface area contributed by atoms with Crippen LogP contribution < -0.4 is 14.8 Å². The normalized spacial score (nSPS) is 13.4. The smallest absolute Gasteiger partial charge is 0.243 e. The number of benzene rings is 2. The second kappa shape index (κ2) is 7.98. The Morgan fingerprint density at radius 2 is 1.74 bits per heavy atom.